The Morgan fingerprint density at radius 3 is 2.43 bits per heavy atom. The summed E-state index contributed by atoms with van der Waals surface area (Å²) in [7, 11) is -1.67. The first-order valence-electron chi connectivity index (χ1n) is 15.2. The summed E-state index contributed by atoms with van der Waals surface area (Å²) in [5.41, 5.74) is 0.464. The average Bonchev–Trinajstić information content (AvgIpc) is 3.36. The highest BCUT2D eigenvalue weighted by molar-refractivity contribution is 14.1. The van der Waals surface area contributed by atoms with Crippen molar-refractivity contribution in [1.29, 1.82) is 0 Å². The SMILES string of the molecule is CCOc1ncccc1C1(N(Cc2ccccc2)N2CCNCC2)C(=O)N(S(=O)(=O)c2ccc(OC)cc2OC)c2ccc(I)cc21. The largest absolute Gasteiger partial charge is 0.497 e. The van der Waals surface area contributed by atoms with E-state index in [4.69, 9.17) is 14.2 Å². The zero-order chi connectivity index (χ0) is 33.2. The quantitative estimate of drug-likeness (QED) is 0.221. The summed E-state index contributed by atoms with van der Waals surface area (Å²) in [6.45, 7) is 5.00. The van der Waals surface area contributed by atoms with Crippen molar-refractivity contribution < 1.29 is 27.4 Å². The molecule has 0 aliphatic carbocycles. The molecule has 0 spiro atoms. The molecule has 1 saturated heterocycles. The molecule has 4 aromatic rings. The number of rotatable bonds is 11. The molecule has 13 heteroatoms. The Morgan fingerprint density at radius 1 is 0.957 bits per heavy atom. The predicted octanol–water partition coefficient (Wildman–Crippen LogP) is 4.40. The van der Waals surface area contributed by atoms with Gasteiger partial charge in [0.05, 0.1) is 26.5 Å². The molecule has 3 aromatic carbocycles. The molecule has 47 heavy (non-hydrogen) atoms. The number of carbonyl (C=O) groups is 1. The van der Waals surface area contributed by atoms with Crippen molar-refractivity contribution in [3.05, 3.63) is 105 Å². The lowest BCUT2D eigenvalue weighted by Crippen LogP contribution is -2.63. The van der Waals surface area contributed by atoms with Crippen LogP contribution in [-0.4, -0.2) is 76.3 Å². The van der Waals surface area contributed by atoms with Gasteiger partial charge in [-0.3, -0.25) is 4.79 Å². The van der Waals surface area contributed by atoms with Crippen molar-refractivity contribution in [3.63, 3.8) is 0 Å². The van der Waals surface area contributed by atoms with E-state index in [2.05, 4.69) is 37.9 Å². The van der Waals surface area contributed by atoms with E-state index in [9.17, 15) is 8.42 Å². The number of methoxy groups -OCH3 is 2. The first kappa shape index (κ1) is 33.2. The minimum Gasteiger partial charge on any atom is -0.497 e. The number of halogens is 1. The molecular weight excluding hydrogens is 733 g/mol. The first-order chi connectivity index (χ1) is 22.8. The van der Waals surface area contributed by atoms with Crippen molar-refractivity contribution in [2.24, 2.45) is 0 Å². The number of pyridine rings is 1. The number of nitrogens with zero attached hydrogens (tertiary/aromatic N) is 4. The number of piperazine rings is 1. The van der Waals surface area contributed by atoms with Crippen molar-refractivity contribution in [2.75, 3.05) is 51.3 Å². The molecule has 1 N–H and O–H groups in total. The standard InChI is InChI=1S/C34H36IN5O6S/c1-4-46-32-27(11-8-16-37-32)34(39(38-19-17-36-18-20-38)23-24-9-6-5-7-10-24)28-21-25(35)12-14-29(28)40(33(34)41)47(42,43)31-15-13-26(44-2)22-30(31)45-3/h5-16,21-22,36H,4,17-20,23H2,1-3H3. The molecule has 11 nitrogen and oxygen atoms in total. The summed E-state index contributed by atoms with van der Waals surface area (Å²) >= 11 is 2.20. The van der Waals surface area contributed by atoms with Gasteiger partial charge in [0.1, 0.15) is 16.4 Å². The van der Waals surface area contributed by atoms with Crippen LogP contribution >= 0.6 is 22.6 Å². The first-order valence-corrected chi connectivity index (χ1v) is 17.8. The van der Waals surface area contributed by atoms with Gasteiger partial charge in [-0.15, -0.1) is 0 Å². The molecule has 0 saturated carbocycles. The lowest BCUT2D eigenvalue weighted by Gasteiger charge is -2.48. The Kier molecular flexibility index (Phi) is 9.71. The van der Waals surface area contributed by atoms with Gasteiger partial charge in [0.25, 0.3) is 15.9 Å². The van der Waals surface area contributed by atoms with Crippen LogP contribution in [0.15, 0.2) is 90.0 Å². The van der Waals surface area contributed by atoms with Gasteiger partial charge in [-0.05, 0) is 77.5 Å². The maximum atomic E-state index is 15.7. The van der Waals surface area contributed by atoms with E-state index in [1.807, 2.05) is 54.4 Å². The van der Waals surface area contributed by atoms with Crippen LogP contribution in [0.4, 0.5) is 5.69 Å². The highest BCUT2D eigenvalue weighted by Gasteiger charge is 2.62. The summed E-state index contributed by atoms with van der Waals surface area (Å²) in [6, 6.07) is 23.2. The van der Waals surface area contributed by atoms with E-state index in [1.165, 1.54) is 32.4 Å². The number of aromatic nitrogens is 1. The Hall–Kier alpha value is -3.76. The van der Waals surface area contributed by atoms with Gasteiger partial charge in [-0.2, -0.15) is 0 Å². The molecule has 1 aromatic heterocycles. The van der Waals surface area contributed by atoms with E-state index in [-0.39, 0.29) is 22.2 Å². The smallest absolute Gasteiger partial charge is 0.274 e. The Balaban J connectivity index is 1.68. The van der Waals surface area contributed by atoms with Gasteiger partial charge >= 0.3 is 0 Å². The Labute approximate surface area is 288 Å². The van der Waals surface area contributed by atoms with Gasteiger partial charge in [-0.25, -0.2) is 27.7 Å². The Morgan fingerprint density at radius 2 is 1.72 bits per heavy atom. The van der Waals surface area contributed by atoms with E-state index >= 15 is 4.79 Å². The normalized spacial score (nSPS) is 18.3. The molecule has 1 fully saturated rings. The molecule has 3 heterocycles. The second-order valence-corrected chi connectivity index (χ2v) is 14.0. The van der Waals surface area contributed by atoms with Crippen LogP contribution in [-0.2, 0) is 26.9 Å². The third-order valence-electron chi connectivity index (χ3n) is 8.39. The van der Waals surface area contributed by atoms with Gasteiger partial charge in [-0.1, -0.05) is 30.3 Å². The number of hydrogen-bond acceptors (Lipinski definition) is 10. The van der Waals surface area contributed by atoms with Gasteiger partial charge in [0.2, 0.25) is 5.88 Å². The number of nitrogens with one attached hydrogen (secondary N) is 1. The number of ether oxygens (including phenoxy) is 3. The van der Waals surface area contributed by atoms with Crippen molar-refractivity contribution >= 4 is 44.2 Å². The lowest BCUT2D eigenvalue weighted by molar-refractivity contribution is -0.149. The fraction of sp³-hybridized carbons (Fsp3) is 0.294. The number of fused-ring (bicyclic) bond motifs is 1. The fourth-order valence-corrected chi connectivity index (χ4v) is 8.41. The van der Waals surface area contributed by atoms with E-state index < -0.39 is 21.5 Å². The molecule has 2 aliphatic rings. The van der Waals surface area contributed by atoms with Crippen LogP contribution in [0.25, 0.3) is 0 Å². The molecule has 0 bridgehead atoms. The minimum atomic E-state index is -4.54. The van der Waals surface area contributed by atoms with Crippen molar-refractivity contribution in [3.8, 4) is 17.4 Å². The van der Waals surface area contributed by atoms with Crippen molar-refractivity contribution in [2.45, 2.75) is 23.9 Å². The van der Waals surface area contributed by atoms with Gasteiger partial charge in [0.15, 0.2) is 5.54 Å². The predicted molar refractivity (Wildman–Crippen MR) is 186 cm³/mol. The van der Waals surface area contributed by atoms with Crippen LogP contribution in [0.5, 0.6) is 17.4 Å². The summed E-state index contributed by atoms with van der Waals surface area (Å²) in [6.07, 6.45) is 1.61. The average molecular weight is 770 g/mol. The zero-order valence-corrected chi connectivity index (χ0v) is 29.3. The molecule has 1 unspecified atom stereocenters. The highest BCUT2D eigenvalue weighted by Crippen LogP contribution is 2.54. The summed E-state index contributed by atoms with van der Waals surface area (Å²) < 4.78 is 48.4. The summed E-state index contributed by atoms with van der Waals surface area (Å²) in [5.74, 6) is 0.0575. The maximum absolute atomic E-state index is 15.7. The van der Waals surface area contributed by atoms with E-state index in [0.29, 0.717) is 56.2 Å². The third kappa shape index (κ3) is 5.84. The lowest BCUT2D eigenvalue weighted by atomic mass is 9.83. The second kappa shape index (κ2) is 13.8. The number of benzene rings is 3. The van der Waals surface area contributed by atoms with Crippen LogP contribution in [0.1, 0.15) is 23.6 Å². The van der Waals surface area contributed by atoms with Crippen LogP contribution < -0.4 is 23.8 Å². The number of sulfonamides is 1. The topological polar surface area (TPSA) is 114 Å². The monoisotopic (exact) mass is 769 g/mol. The molecule has 2 aliphatic heterocycles. The molecular formula is C34H36IN5O6S. The van der Waals surface area contributed by atoms with E-state index in [0.717, 1.165) is 13.4 Å². The summed E-state index contributed by atoms with van der Waals surface area (Å²) in [5, 5.41) is 7.55. The third-order valence-corrected chi connectivity index (χ3v) is 10.8. The second-order valence-electron chi connectivity index (χ2n) is 11.0. The maximum Gasteiger partial charge on any atom is 0.274 e. The molecule has 0 radical (unpaired) electrons. The fourth-order valence-electron chi connectivity index (χ4n) is 6.32. The number of hydrogen-bond donors (Lipinski definition) is 1. The number of anilines is 1. The van der Waals surface area contributed by atoms with Crippen molar-refractivity contribution in [1.82, 2.24) is 20.3 Å². The van der Waals surface area contributed by atoms with Gasteiger partial charge < -0.3 is 19.5 Å². The summed E-state index contributed by atoms with van der Waals surface area (Å²) in [4.78, 5) is 20.1. The zero-order valence-electron chi connectivity index (χ0n) is 26.4. The molecule has 6 rings (SSSR count). The van der Waals surface area contributed by atoms with E-state index in [1.54, 1.807) is 24.4 Å². The molecule has 1 atom stereocenters. The minimum absolute atomic E-state index is 0.0568. The molecule has 1 amide bonds. The van der Waals surface area contributed by atoms with Crippen LogP contribution in [0.2, 0.25) is 0 Å². The number of hydrazine groups is 1. The van der Waals surface area contributed by atoms with Gasteiger partial charge in [0, 0.05) is 59.7 Å². The molecule has 246 valence electrons. The Bertz CT molecular complexity index is 1870. The van der Waals surface area contributed by atoms with Crippen LogP contribution in [0.3, 0.4) is 0 Å². The number of carbonyl (C=O) groups excluding carboxylic acids is 1. The number of amides is 1. The van der Waals surface area contributed by atoms with Crippen LogP contribution in [0, 0.1) is 3.57 Å². The highest BCUT2D eigenvalue weighted by atomic mass is 127.